The summed E-state index contributed by atoms with van der Waals surface area (Å²) in [6.45, 7) is 4.72. The van der Waals surface area contributed by atoms with Crippen LogP contribution in [0.25, 0.3) is 0 Å². The van der Waals surface area contributed by atoms with Gasteiger partial charge in [0.1, 0.15) is 0 Å². The van der Waals surface area contributed by atoms with Crippen molar-refractivity contribution in [2.75, 3.05) is 0 Å². The Hall–Kier alpha value is 0.610. The fourth-order valence-electron chi connectivity index (χ4n) is 1.80. The third-order valence-corrected chi connectivity index (χ3v) is 6.35. The van der Waals surface area contributed by atoms with E-state index in [0.717, 1.165) is 5.92 Å². The van der Waals surface area contributed by atoms with Gasteiger partial charge in [0.05, 0.1) is 0 Å². The molecular weight excluding hydrogens is 166 g/mol. The maximum Gasteiger partial charge on any atom is 0.261 e. The van der Waals surface area contributed by atoms with Crippen molar-refractivity contribution in [3.63, 3.8) is 0 Å². The molecule has 0 saturated heterocycles. The zero-order valence-corrected chi connectivity index (χ0v) is 10.4. The number of hydrogen-bond acceptors (Lipinski definition) is 0. The first kappa shape index (κ1) is 13.6. The van der Waals surface area contributed by atoms with E-state index < -0.39 is 0 Å². The molecule has 0 aromatic rings. The Bertz CT molecular complexity index is 159. The molecule has 1 radical (unpaired) electrons. The summed E-state index contributed by atoms with van der Waals surface area (Å²) in [6, 6.07) is 0. The maximum atomic E-state index is 2.36. The smallest absolute Gasteiger partial charge is 0.0967 e. The molecule has 0 atom stereocenters. The standard InChI is InChI=1S/C7H9.2C2H5.Al.Li/c1-2-7-5-3-4-6-7;2*1-2;;/h3-7H,1-2H2;2*1H2,2H3;;. The average Bonchev–Trinajstić information content (AvgIpc) is 2.59. The molecule has 0 nitrogen and oxygen atoms in total. The number of rotatable bonds is 5. The third-order valence-electron chi connectivity index (χ3n) is 2.89. The van der Waals surface area contributed by atoms with Gasteiger partial charge in [0, 0.05) is 18.9 Å². The van der Waals surface area contributed by atoms with Crippen molar-refractivity contribution in [3.8, 4) is 0 Å². The second-order valence-electron chi connectivity index (χ2n) is 3.69. The zero-order valence-electron chi connectivity index (χ0n) is 9.29. The van der Waals surface area contributed by atoms with E-state index in [2.05, 4.69) is 38.2 Å². The molecular formula is C11H19AlLi. The molecule has 0 amide bonds. The van der Waals surface area contributed by atoms with E-state index >= 15 is 0 Å². The predicted octanol–water partition coefficient (Wildman–Crippen LogP) is 3.27. The van der Waals surface area contributed by atoms with Crippen LogP contribution in [0.1, 0.15) is 20.3 Å². The van der Waals surface area contributed by atoms with Crippen LogP contribution in [0.4, 0.5) is 0 Å². The second kappa shape index (κ2) is 7.96. The van der Waals surface area contributed by atoms with E-state index in [0.29, 0.717) is 0 Å². The minimum absolute atomic E-state index is 0. The summed E-state index contributed by atoms with van der Waals surface area (Å²) in [5.74, 6) is 0.776. The van der Waals surface area contributed by atoms with Crippen molar-refractivity contribution in [1.82, 2.24) is 0 Å². The summed E-state index contributed by atoms with van der Waals surface area (Å²) < 4.78 is 0. The minimum Gasteiger partial charge on any atom is -0.0967 e. The quantitative estimate of drug-likeness (QED) is 0.576. The summed E-state index contributed by atoms with van der Waals surface area (Å²) in [4.78, 5) is 0. The van der Waals surface area contributed by atoms with E-state index in [1.165, 1.54) is 22.3 Å². The van der Waals surface area contributed by atoms with Crippen LogP contribution in [-0.2, 0) is 0 Å². The summed E-state index contributed by atoms with van der Waals surface area (Å²) in [5, 5.41) is 4.50. The minimum atomic E-state index is -0.316. The van der Waals surface area contributed by atoms with Crippen molar-refractivity contribution in [2.24, 2.45) is 5.92 Å². The molecule has 0 spiro atoms. The van der Waals surface area contributed by atoms with Crippen LogP contribution in [0.5, 0.6) is 0 Å². The van der Waals surface area contributed by atoms with Crippen LogP contribution in [0.15, 0.2) is 24.3 Å². The fraction of sp³-hybridized carbons (Fsp3) is 0.636. The molecule has 1 aliphatic rings. The predicted molar refractivity (Wildman–Crippen MR) is 63.7 cm³/mol. The molecule has 67 valence electrons. The Morgan fingerprint density at radius 2 is 1.62 bits per heavy atom. The Kier molecular flexibility index (Phi) is 8.34. The monoisotopic (exact) mass is 185 g/mol. The molecule has 0 unspecified atom stereocenters. The van der Waals surface area contributed by atoms with Gasteiger partial charge in [-0.2, -0.15) is 0 Å². The molecule has 1 rings (SSSR count). The van der Waals surface area contributed by atoms with Crippen LogP contribution in [0.3, 0.4) is 0 Å². The zero-order chi connectivity index (χ0) is 8.81. The molecule has 1 aliphatic carbocycles. The SMILES string of the molecule is C[CH2][Al]([CH2]C)[CH2]CC1C=CC=C1.[Li]. The molecule has 0 aromatic heterocycles. The molecule has 0 fully saturated rings. The van der Waals surface area contributed by atoms with E-state index in [9.17, 15) is 0 Å². The van der Waals surface area contributed by atoms with Crippen LogP contribution >= 0.6 is 0 Å². The van der Waals surface area contributed by atoms with Gasteiger partial charge < -0.3 is 0 Å². The molecule has 0 N–H and O–H groups in total. The van der Waals surface area contributed by atoms with Crippen molar-refractivity contribution in [1.29, 1.82) is 0 Å². The maximum absolute atomic E-state index is 2.36. The van der Waals surface area contributed by atoms with Gasteiger partial charge in [-0.25, -0.2) is 0 Å². The molecule has 13 heavy (non-hydrogen) atoms. The van der Waals surface area contributed by atoms with Gasteiger partial charge in [-0.05, 0) is 5.92 Å². The Morgan fingerprint density at radius 1 is 1.08 bits per heavy atom. The Morgan fingerprint density at radius 3 is 2.08 bits per heavy atom. The van der Waals surface area contributed by atoms with Gasteiger partial charge in [0.15, 0.2) is 0 Å². The molecule has 0 bridgehead atoms. The normalized spacial score (nSPS) is 14.6. The molecule has 0 aliphatic heterocycles. The first-order chi connectivity index (χ1) is 5.86. The first-order valence-electron chi connectivity index (χ1n) is 5.21. The van der Waals surface area contributed by atoms with Crippen molar-refractivity contribution in [3.05, 3.63) is 24.3 Å². The summed E-state index contributed by atoms with van der Waals surface area (Å²) >= 11 is -0.316. The molecule has 0 heterocycles. The van der Waals surface area contributed by atoms with Crippen LogP contribution in [-0.4, -0.2) is 33.0 Å². The van der Waals surface area contributed by atoms with Crippen LogP contribution in [0, 0.1) is 5.92 Å². The van der Waals surface area contributed by atoms with Crippen molar-refractivity contribution in [2.45, 2.75) is 36.1 Å². The van der Waals surface area contributed by atoms with Crippen LogP contribution in [0.2, 0.25) is 15.8 Å². The van der Waals surface area contributed by atoms with Crippen molar-refractivity contribution < 1.29 is 0 Å². The Balaban J connectivity index is 0.00000144. The first-order valence-corrected chi connectivity index (χ1v) is 7.66. The second-order valence-corrected chi connectivity index (χ2v) is 7.64. The van der Waals surface area contributed by atoms with E-state index in [-0.39, 0.29) is 33.0 Å². The van der Waals surface area contributed by atoms with Gasteiger partial charge in [0.25, 0.3) is 14.1 Å². The van der Waals surface area contributed by atoms with Gasteiger partial charge in [-0.15, -0.1) is 0 Å². The van der Waals surface area contributed by atoms with Gasteiger partial charge >= 0.3 is 0 Å². The average molecular weight is 185 g/mol. The summed E-state index contributed by atoms with van der Waals surface area (Å²) in [7, 11) is 0. The number of hydrogen-bond donors (Lipinski definition) is 0. The van der Waals surface area contributed by atoms with E-state index in [1.807, 2.05) is 0 Å². The van der Waals surface area contributed by atoms with Gasteiger partial charge in [-0.3, -0.25) is 0 Å². The van der Waals surface area contributed by atoms with E-state index in [4.69, 9.17) is 0 Å². The third kappa shape index (κ3) is 5.15. The summed E-state index contributed by atoms with van der Waals surface area (Å²) in [5.41, 5.74) is 0. The van der Waals surface area contributed by atoms with Crippen LogP contribution < -0.4 is 0 Å². The fourth-order valence-corrected chi connectivity index (χ4v) is 4.05. The molecule has 2 heteroatoms. The van der Waals surface area contributed by atoms with Gasteiger partial charge in [-0.1, -0.05) is 60.4 Å². The summed E-state index contributed by atoms with van der Waals surface area (Å²) in [6.07, 6.45) is 10.4. The number of allylic oxidation sites excluding steroid dienone is 4. The Labute approximate surface area is 99.1 Å². The topological polar surface area (TPSA) is 0 Å². The van der Waals surface area contributed by atoms with Gasteiger partial charge in [0.2, 0.25) is 0 Å². The van der Waals surface area contributed by atoms with E-state index in [1.54, 1.807) is 0 Å². The molecule has 0 aromatic carbocycles. The largest absolute Gasteiger partial charge is 0.261 e. The van der Waals surface area contributed by atoms with Crippen molar-refractivity contribution >= 4 is 33.0 Å². The molecule has 0 saturated carbocycles.